The van der Waals surface area contributed by atoms with Crippen LogP contribution in [0.4, 0.5) is 0 Å². The third-order valence-corrected chi connectivity index (χ3v) is 5.49. The minimum atomic E-state index is 0.168. The predicted octanol–water partition coefficient (Wildman–Crippen LogP) is 3.44. The van der Waals surface area contributed by atoms with Crippen LogP contribution in [0.1, 0.15) is 33.1 Å². The van der Waals surface area contributed by atoms with Crippen molar-refractivity contribution in [3.63, 3.8) is 0 Å². The van der Waals surface area contributed by atoms with Gasteiger partial charge >= 0.3 is 0 Å². The molecule has 2 rings (SSSR count). The van der Waals surface area contributed by atoms with E-state index in [1.165, 1.54) is 30.5 Å². The van der Waals surface area contributed by atoms with E-state index in [-0.39, 0.29) is 5.41 Å². The van der Waals surface area contributed by atoms with Gasteiger partial charge in [0.1, 0.15) is 0 Å². The van der Waals surface area contributed by atoms with Crippen LogP contribution < -0.4 is 0 Å². The molecule has 3 nitrogen and oxygen atoms in total. The Bertz CT molecular complexity index is 277. The molecule has 2 saturated carbocycles. The fraction of sp³-hybridized carbons (Fsp3) is 0.818. The molecular formula is C11H18O3S. The summed E-state index contributed by atoms with van der Waals surface area (Å²) in [6, 6.07) is 0. The second-order valence-corrected chi connectivity index (χ2v) is 5.91. The van der Waals surface area contributed by atoms with Gasteiger partial charge in [0.05, 0.1) is 0 Å². The summed E-state index contributed by atoms with van der Waals surface area (Å²) in [5.41, 5.74) is 1.81. The maximum Gasteiger partial charge on any atom is 0.0355 e. The van der Waals surface area contributed by atoms with Gasteiger partial charge < -0.3 is 0 Å². The SMILES string of the molecule is C=C1CC2CCC1(CSOOO)C2(C)C. The minimum absolute atomic E-state index is 0.168. The lowest BCUT2D eigenvalue weighted by Gasteiger charge is -2.38. The van der Waals surface area contributed by atoms with Crippen molar-refractivity contribution < 1.29 is 14.6 Å². The van der Waals surface area contributed by atoms with Crippen molar-refractivity contribution in [2.75, 3.05) is 5.75 Å². The van der Waals surface area contributed by atoms with Crippen molar-refractivity contribution in [1.82, 2.24) is 0 Å². The van der Waals surface area contributed by atoms with Crippen LogP contribution in [0.15, 0.2) is 12.2 Å². The standard InChI is InChI=1S/C11H18O3S/c1-8-6-9-4-5-11(8,10(9,2)3)7-15-14-13-12/h9,12H,1,4-7H2,2-3H3. The molecule has 2 fully saturated rings. The summed E-state index contributed by atoms with van der Waals surface area (Å²) in [4.78, 5) is 0. The molecule has 0 aromatic carbocycles. The smallest absolute Gasteiger partial charge is 0.0355 e. The van der Waals surface area contributed by atoms with Gasteiger partial charge in [-0.2, -0.15) is 0 Å². The molecule has 0 heterocycles. The fourth-order valence-electron chi connectivity index (χ4n) is 3.48. The monoisotopic (exact) mass is 230 g/mol. The summed E-state index contributed by atoms with van der Waals surface area (Å²) in [6.45, 7) is 8.86. The molecule has 0 spiro atoms. The van der Waals surface area contributed by atoms with Crippen LogP contribution in [0.5, 0.6) is 0 Å². The Balaban J connectivity index is 2.13. The van der Waals surface area contributed by atoms with E-state index in [1.807, 2.05) is 0 Å². The van der Waals surface area contributed by atoms with Gasteiger partial charge in [0, 0.05) is 23.2 Å². The molecule has 15 heavy (non-hydrogen) atoms. The number of fused-ring (bicyclic) bond motifs is 2. The van der Waals surface area contributed by atoms with Gasteiger partial charge in [0.15, 0.2) is 0 Å². The van der Waals surface area contributed by atoms with Crippen LogP contribution >= 0.6 is 12.0 Å². The van der Waals surface area contributed by atoms with E-state index in [2.05, 4.69) is 29.8 Å². The molecule has 2 atom stereocenters. The van der Waals surface area contributed by atoms with Crippen LogP contribution in [-0.2, 0) is 9.37 Å². The van der Waals surface area contributed by atoms with E-state index >= 15 is 0 Å². The number of hydrogen-bond acceptors (Lipinski definition) is 4. The molecule has 2 unspecified atom stereocenters. The lowest BCUT2D eigenvalue weighted by Crippen LogP contribution is -2.33. The minimum Gasteiger partial charge on any atom is -0.220 e. The third kappa shape index (κ3) is 1.46. The third-order valence-electron chi connectivity index (χ3n) is 4.73. The summed E-state index contributed by atoms with van der Waals surface area (Å²) in [7, 11) is 0. The maximum absolute atomic E-state index is 8.14. The number of rotatable bonds is 4. The summed E-state index contributed by atoms with van der Waals surface area (Å²) in [6.07, 6.45) is 3.62. The van der Waals surface area contributed by atoms with Gasteiger partial charge in [-0.3, -0.25) is 0 Å². The molecule has 1 N–H and O–H groups in total. The van der Waals surface area contributed by atoms with Crippen molar-refractivity contribution >= 4 is 12.0 Å². The lowest BCUT2D eigenvalue weighted by atomic mass is 9.69. The molecule has 86 valence electrons. The van der Waals surface area contributed by atoms with Crippen LogP contribution in [0, 0.1) is 16.7 Å². The Kier molecular flexibility index (Phi) is 2.88. The van der Waals surface area contributed by atoms with E-state index in [0.717, 1.165) is 18.1 Å². The van der Waals surface area contributed by atoms with Gasteiger partial charge in [-0.15, -0.1) is 4.33 Å². The van der Waals surface area contributed by atoms with Gasteiger partial charge in [-0.05, 0) is 30.6 Å². The van der Waals surface area contributed by atoms with Crippen LogP contribution in [0.2, 0.25) is 0 Å². The highest BCUT2D eigenvalue weighted by atomic mass is 32.2. The van der Waals surface area contributed by atoms with E-state index in [4.69, 9.17) is 5.26 Å². The number of allylic oxidation sites excluding steroid dienone is 1. The molecule has 0 saturated heterocycles. The molecule has 2 aliphatic rings. The van der Waals surface area contributed by atoms with E-state index in [9.17, 15) is 0 Å². The molecule has 0 aromatic heterocycles. The van der Waals surface area contributed by atoms with Crippen molar-refractivity contribution in [1.29, 1.82) is 0 Å². The first-order valence-corrected chi connectivity index (χ1v) is 6.23. The Morgan fingerprint density at radius 2 is 2.33 bits per heavy atom. The Hall–Kier alpha value is -0.0300. The second-order valence-electron chi connectivity index (χ2n) is 5.25. The molecule has 0 radical (unpaired) electrons. The zero-order valence-corrected chi connectivity index (χ0v) is 10.1. The normalized spacial score (nSPS) is 37.5. The van der Waals surface area contributed by atoms with Crippen molar-refractivity contribution in [2.45, 2.75) is 33.1 Å². The van der Waals surface area contributed by atoms with Gasteiger partial charge in [0.25, 0.3) is 0 Å². The number of hydrogen-bond donors (Lipinski definition) is 1. The molecule has 0 aromatic rings. The van der Waals surface area contributed by atoms with Crippen molar-refractivity contribution in [2.24, 2.45) is 16.7 Å². The van der Waals surface area contributed by atoms with Crippen molar-refractivity contribution in [3.8, 4) is 0 Å². The zero-order valence-electron chi connectivity index (χ0n) is 9.28. The second kappa shape index (κ2) is 3.77. The first-order valence-electron chi connectivity index (χ1n) is 5.32. The highest BCUT2D eigenvalue weighted by Gasteiger charge is 2.60. The molecule has 2 bridgehead atoms. The average molecular weight is 230 g/mol. The first kappa shape index (κ1) is 11.5. The zero-order chi connectivity index (χ0) is 11.1. The summed E-state index contributed by atoms with van der Waals surface area (Å²) in [5.74, 6) is 1.58. The highest BCUT2D eigenvalue weighted by Crippen LogP contribution is 2.68. The molecule has 0 amide bonds. The quantitative estimate of drug-likeness (QED) is 0.264. The van der Waals surface area contributed by atoms with Gasteiger partial charge in [-0.1, -0.05) is 31.0 Å². The maximum atomic E-state index is 8.14. The predicted molar refractivity (Wildman–Crippen MR) is 60.0 cm³/mol. The van der Waals surface area contributed by atoms with Gasteiger partial charge in [0.2, 0.25) is 0 Å². The Labute approximate surface area is 94.9 Å². The van der Waals surface area contributed by atoms with Crippen molar-refractivity contribution in [3.05, 3.63) is 12.2 Å². The highest BCUT2D eigenvalue weighted by molar-refractivity contribution is 7.94. The summed E-state index contributed by atoms with van der Waals surface area (Å²) in [5, 5.41) is 11.8. The van der Waals surface area contributed by atoms with Crippen LogP contribution in [-0.4, -0.2) is 11.0 Å². The Morgan fingerprint density at radius 3 is 2.80 bits per heavy atom. The fourth-order valence-corrected chi connectivity index (χ4v) is 4.50. The average Bonchev–Trinajstić information content (AvgIpc) is 2.52. The van der Waals surface area contributed by atoms with E-state index in [0.29, 0.717) is 5.41 Å². The Morgan fingerprint density at radius 1 is 1.60 bits per heavy atom. The molecule has 4 heteroatoms. The van der Waals surface area contributed by atoms with E-state index in [1.54, 1.807) is 0 Å². The molecule has 2 aliphatic carbocycles. The lowest BCUT2D eigenvalue weighted by molar-refractivity contribution is -0.432. The largest absolute Gasteiger partial charge is 0.220 e. The van der Waals surface area contributed by atoms with Crippen LogP contribution in [0.3, 0.4) is 0 Å². The molecular weight excluding hydrogens is 212 g/mol. The first-order chi connectivity index (χ1) is 7.04. The molecule has 0 aliphatic heterocycles. The van der Waals surface area contributed by atoms with E-state index < -0.39 is 0 Å². The van der Waals surface area contributed by atoms with Gasteiger partial charge in [-0.25, -0.2) is 5.26 Å². The van der Waals surface area contributed by atoms with Crippen LogP contribution in [0.25, 0.3) is 0 Å². The topological polar surface area (TPSA) is 38.7 Å². The summed E-state index contributed by atoms with van der Waals surface area (Å²) >= 11 is 1.17. The summed E-state index contributed by atoms with van der Waals surface area (Å²) < 4.78 is 4.51.